The van der Waals surface area contributed by atoms with Crippen molar-refractivity contribution < 1.29 is 19.1 Å². The highest BCUT2D eigenvalue weighted by Crippen LogP contribution is 2.25. The maximum absolute atomic E-state index is 13.3. The number of hydrogen-bond donors (Lipinski definition) is 2. The topological polar surface area (TPSA) is 120 Å². The highest BCUT2D eigenvalue weighted by atomic mass is 16.5. The van der Waals surface area contributed by atoms with Crippen molar-refractivity contribution in [2.24, 2.45) is 0 Å². The molecule has 38 heavy (non-hydrogen) atoms. The molecule has 0 unspecified atom stereocenters. The quantitative estimate of drug-likeness (QED) is 0.352. The Labute approximate surface area is 223 Å². The molecular weight excluding hydrogens is 482 g/mol. The number of rotatable bonds is 12. The second kappa shape index (κ2) is 11.9. The minimum Gasteiger partial charge on any atom is -0.484 e. The van der Waals surface area contributed by atoms with Crippen molar-refractivity contribution in [3.8, 4) is 11.4 Å². The maximum Gasteiger partial charge on any atom is 0.260 e. The molecular formula is C29H35N5O4. The Morgan fingerprint density at radius 1 is 1.08 bits per heavy atom. The molecule has 1 fully saturated rings. The molecule has 1 aliphatic rings. The van der Waals surface area contributed by atoms with Crippen LogP contribution in [0.2, 0.25) is 0 Å². The van der Waals surface area contributed by atoms with Gasteiger partial charge in [0.05, 0.1) is 17.4 Å². The van der Waals surface area contributed by atoms with Gasteiger partial charge in [0.15, 0.2) is 12.4 Å². The summed E-state index contributed by atoms with van der Waals surface area (Å²) in [6, 6.07) is 12.3. The number of carbonyl (C=O) groups excluding carboxylic acids is 3. The number of amides is 2. The van der Waals surface area contributed by atoms with Gasteiger partial charge < -0.3 is 20.7 Å². The maximum atomic E-state index is 13.3. The molecule has 0 aliphatic heterocycles. The van der Waals surface area contributed by atoms with E-state index in [-0.39, 0.29) is 41.6 Å². The summed E-state index contributed by atoms with van der Waals surface area (Å²) in [7, 11) is 0. The number of nitrogens with zero attached hydrogens (tertiary/aromatic N) is 3. The van der Waals surface area contributed by atoms with Crippen LogP contribution in [0.3, 0.4) is 0 Å². The molecule has 0 saturated heterocycles. The highest BCUT2D eigenvalue weighted by Gasteiger charge is 2.25. The van der Waals surface area contributed by atoms with Crippen LogP contribution >= 0.6 is 0 Å². The van der Waals surface area contributed by atoms with Crippen molar-refractivity contribution >= 4 is 23.4 Å². The molecule has 1 saturated carbocycles. The van der Waals surface area contributed by atoms with Gasteiger partial charge in [0, 0.05) is 30.3 Å². The normalized spacial score (nSPS) is 12.7. The van der Waals surface area contributed by atoms with E-state index in [0.717, 1.165) is 31.2 Å². The lowest BCUT2D eigenvalue weighted by molar-refractivity contribution is -0.133. The number of nitrogens with one attached hydrogen (secondary N) is 1. The Bertz CT molecular complexity index is 1320. The van der Waals surface area contributed by atoms with Crippen molar-refractivity contribution in [1.82, 2.24) is 20.0 Å². The summed E-state index contributed by atoms with van der Waals surface area (Å²) in [5.41, 5.74) is 8.99. The zero-order valence-corrected chi connectivity index (χ0v) is 22.2. The van der Waals surface area contributed by atoms with Gasteiger partial charge in [-0.15, -0.1) is 0 Å². The predicted molar refractivity (Wildman–Crippen MR) is 146 cm³/mol. The van der Waals surface area contributed by atoms with Crippen LogP contribution in [0, 0.1) is 6.92 Å². The molecule has 0 atom stereocenters. The van der Waals surface area contributed by atoms with Crippen LogP contribution in [0.1, 0.15) is 71.4 Å². The van der Waals surface area contributed by atoms with E-state index in [0.29, 0.717) is 35.7 Å². The van der Waals surface area contributed by atoms with E-state index < -0.39 is 0 Å². The Morgan fingerprint density at radius 3 is 2.50 bits per heavy atom. The lowest BCUT2D eigenvalue weighted by Crippen LogP contribution is -2.36. The minimum absolute atomic E-state index is 0.0839. The number of aromatic nitrogens is 2. The molecule has 9 heteroatoms. The summed E-state index contributed by atoms with van der Waals surface area (Å²) in [4.78, 5) is 40.2. The Balaban J connectivity index is 1.50. The second-order valence-electron chi connectivity index (χ2n) is 9.63. The number of nitrogens with two attached hydrogens (primary N) is 1. The first-order chi connectivity index (χ1) is 18.3. The zero-order chi connectivity index (χ0) is 27.2. The first-order valence-electron chi connectivity index (χ1n) is 13.1. The number of ether oxygens (including phenoxy) is 1. The standard InChI is InChI=1S/C29H35N5O4/c1-4-13-33(14-5-2)26(35)18-38-23-8-6-7-20(15-23)27(36)24-17-31-34(28(24)30)25-16-21(10-9-19(25)3)29(37)32-22-11-12-22/h6-10,15-17,22H,4-5,11-14,18,30H2,1-3H3,(H,32,37). The van der Waals surface area contributed by atoms with Crippen molar-refractivity contribution in [1.29, 1.82) is 0 Å². The molecule has 2 aromatic carbocycles. The molecule has 2 amide bonds. The fourth-order valence-electron chi connectivity index (χ4n) is 4.22. The summed E-state index contributed by atoms with van der Waals surface area (Å²) >= 11 is 0. The molecule has 0 spiro atoms. The van der Waals surface area contributed by atoms with Crippen molar-refractivity contribution in [2.75, 3.05) is 25.4 Å². The Hall–Kier alpha value is -4.14. The summed E-state index contributed by atoms with van der Waals surface area (Å²) < 4.78 is 7.20. The van der Waals surface area contributed by atoms with Crippen LogP contribution in [0.25, 0.3) is 5.69 Å². The average Bonchev–Trinajstić information content (AvgIpc) is 3.65. The van der Waals surface area contributed by atoms with Gasteiger partial charge in [-0.25, -0.2) is 4.68 Å². The molecule has 1 aliphatic carbocycles. The van der Waals surface area contributed by atoms with Crippen LogP contribution in [0.15, 0.2) is 48.7 Å². The zero-order valence-electron chi connectivity index (χ0n) is 22.2. The number of aryl methyl sites for hydroxylation is 1. The van der Waals surface area contributed by atoms with Gasteiger partial charge in [-0.3, -0.25) is 14.4 Å². The third-order valence-corrected chi connectivity index (χ3v) is 6.46. The molecule has 1 heterocycles. The van der Waals surface area contributed by atoms with E-state index in [1.807, 2.05) is 26.8 Å². The summed E-state index contributed by atoms with van der Waals surface area (Å²) in [6.45, 7) is 7.23. The van der Waals surface area contributed by atoms with Gasteiger partial charge in [0.25, 0.3) is 11.8 Å². The van der Waals surface area contributed by atoms with Gasteiger partial charge in [-0.05, 0) is 62.4 Å². The predicted octanol–water partition coefficient (Wildman–Crippen LogP) is 3.91. The second-order valence-corrected chi connectivity index (χ2v) is 9.63. The van der Waals surface area contributed by atoms with E-state index >= 15 is 0 Å². The molecule has 200 valence electrons. The molecule has 9 nitrogen and oxygen atoms in total. The highest BCUT2D eigenvalue weighted by molar-refractivity contribution is 6.12. The summed E-state index contributed by atoms with van der Waals surface area (Å²) in [6.07, 6.45) is 5.19. The van der Waals surface area contributed by atoms with Crippen LogP contribution in [0.5, 0.6) is 5.75 Å². The van der Waals surface area contributed by atoms with E-state index in [4.69, 9.17) is 10.5 Å². The summed E-state index contributed by atoms with van der Waals surface area (Å²) in [5.74, 6) is 0.0600. The van der Waals surface area contributed by atoms with Crippen LogP contribution in [0.4, 0.5) is 5.82 Å². The molecule has 3 aromatic rings. The first kappa shape index (κ1) is 26.9. The molecule has 4 rings (SSSR count). The number of anilines is 1. The third kappa shape index (κ3) is 6.22. The average molecular weight is 518 g/mol. The first-order valence-corrected chi connectivity index (χ1v) is 13.1. The smallest absolute Gasteiger partial charge is 0.260 e. The van der Waals surface area contributed by atoms with E-state index in [2.05, 4.69) is 10.4 Å². The van der Waals surface area contributed by atoms with Crippen molar-refractivity contribution in [3.63, 3.8) is 0 Å². The van der Waals surface area contributed by atoms with E-state index in [9.17, 15) is 14.4 Å². The Morgan fingerprint density at radius 2 is 1.82 bits per heavy atom. The molecule has 1 aromatic heterocycles. The Kier molecular flexibility index (Phi) is 8.45. The number of benzene rings is 2. The molecule has 3 N–H and O–H groups in total. The van der Waals surface area contributed by atoms with Crippen molar-refractivity contribution in [3.05, 3.63) is 70.9 Å². The van der Waals surface area contributed by atoms with E-state index in [1.165, 1.54) is 10.9 Å². The lowest BCUT2D eigenvalue weighted by Gasteiger charge is -2.21. The van der Waals surface area contributed by atoms with Crippen LogP contribution < -0.4 is 15.8 Å². The number of carbonyl (C=O) groups is 3. The van der Waals surface area contributed by atoms with Gasteiger partial charge in [0.1, 0.15) is 11.6 Å². The van der Waals surface area contributed by atoms with Crippen LogP contribution in [-0.2, 0) is 4.79 Å². The van der Waals surface area contributed by atoms with Gasteiger partial charge in [0.2, 0.25) is 0 Å². The molecule has 0 bridgehead atoms. The largest absolute Gasteiger partial charge is 0.484 e. The van der Waals surface area contributed by atoms with Gasteiger partial charge >= 0.3 is 0 Å². The monoisotopic (exact) mass is 517 g/mol. The van der Waals surface area contributed by atoms with Gasteiger partial charge in [-0.2, -0.15) is 5.10 Å². The third-order valence-electron chi connectivity index (χ3n) is 6.46. The molecule has 0 radical (unpaired) electrons. The van der Waals surface area contributed by atoms with Crippen LogP contribution in [-0.4, -0.2) is 58.0 Å². The summed E-state index contributed by atoms with van der Waals surface area (Å²) in [5, 5.41) is 7.34. The van der Waals surface area contributed by atoms with E-state index in [1.54, 1.807) is 41.3 Å². The van der Waals surface area contributed by atoms with Gasteiger partial charge in [-0.1, -0.05) is 32.0 Å². The fraction of sp³-hybridized carbons (Fsp3) is 0.379. The number of ketones is 1. The SMILES string of the molecule is CCCN(CCC)C(=O)COc1cccc(C(=O)c2cnn(-c3cc(C(=O)NC4CC4)ccc3C)c2N)c1. The van der Waals surface area contributed by atoms with Crippen molar-refractivity contribution in [2.45, 2.75) is 52.5 Å². The minimum atomic E-state index is -0.315. The number of nitrogen functional groups attached to an aromatic ring is 1. The lowest BCUT2D eigenvalue weighted by atomic mass is 10.1. The number of hydrogen-bond acceptors (Lipinski definition) is 6. The fourth-order valence-corrected chi connectivity index (χ4v) is 4.22.